The molecule has 1 saturated heterocycles. The van der Waals surface area contributed by atoms with Crippen LogP contribution in [0.2, 0.25) is 9.36 Å². The number of β-lactam (4-membered cyclic amide) rings is 1. The Hall–Kier alpha value is -2.86. The first-order valence-corrected chi connectivity index (χ1v) is 13.9. The van der Waals surface area contributed by atoms with Crippen molar-refractivity contribution in [2.45, 2.75) is 18.0 Å². The summed E-state index contributed by atoms with van der Waals surface area (Å²) in [5.41, 5.74) is 6.13. The number of thiazole rings is 1. The zero-order valence-electron chi connectivity index (χ0n) is 20.0. The molecule has 2 aliphatic heterocycles. The van der Waals surface area contributed by atoms with E-state index in [1.165, 1.54) is 11.8 Å². The van der Waals surface area contributed by atoms with E-state index in [1.807, 2.05) is 4.57 Å². The summed E-state index contributed by atoms with van der Waals surface area (Å²) in [5.74, 6) is -3.92. The van der Waals surface area contributed by atoms with Crippen LogP contribution in [0.5, 0.6) is 0 Å². The molecule has 0 spiro atoms. The zero-order chi connectivity index (χ0) is 28.7. The number of aliphatic carboxylic acids is 2. The molecule has 1 fully saturated rings. The molecule has 0 saturated carbocycles. The molecule has 2 aliphatic rings. The molecule has 3 aromatic heterocycles. The van der Waals surface area contributed by atoms with Gasteiger partial charge in [-0.2, -0.15) is 0 Å². The van der Waals surface area contributed by atoms with E-state index in [-0.39, 0.29) is 62.7 Å². The van der Waals surface area contributed by atoms with Gasteiger partial charge < -0.3 is 26.1 Å². The van der Waals surface area contributed by atoms with Crippen LogP contribution >= 0.6 is 46.3 Å². The Labute approximate surface area is 271 Å². The van der Waals surface area contributed by atoms with Crippen LogP contribution in [-0.4, -0.2) is 107 Å². The van der Waals surface area contributed by atoms with E-state index < -0.39 is 47.5 Å². The number of halogens is 2. The first-order valence-electron chi connectivity index (χ1n) is 11.3. The van der Waals surface area contributed by atoms with Crippen LogP contribution in [0.3, 0.4) is 0 Å². The van der Waals surface area contributed by atoms with Gasteiger partial charge in [0.1, 0.15) is 52.3 Å². The van der Waals surface area contributed by atoms with Crippen LogP contribution in [0.1, 0.15) is 5.69 Å². The van der Waals surface area contributed by atoms with Crippen molar-refractivity contribution in [3.8, 4) is 0 Å². The van der Waals surface area contributed by atoms with Crippen LogP contribution in [0.4, 0.5) is 5.13 Å². The number of oxime groups is 1. The predicted molar refractivity (Wildman–Crippen MR) is 151 cm³/mol. The number of hydrogen-bond donors (Lipinski definition) is 4. The number of nitrogens with zero attached hydrogens (tertiary/aromatic N) is 5. The van der Waals surface area contributed by atoms with Gasteiger partial charge in [-0.05, 0) is 6.07 Å². The molecule has 0 bridgehead atoms. The van der Waals surface area contributed by atoms with Gasteiger partial charge in [0.25, 0.3) is 17.5 Å². The van der Waals surface area contributed by atoms with Crippen molar-refractivity contribution in [1.29, 1.82) is 0 Å². The molecule has 41 heavy (non-hydrogen) atoms. The molecule has 0 radical (unpaired) electrons. The van der Waals surface area contributed by atoms with Gasteiger partial charge in [-0.3, -0.25) is 14.5 Å². The molecule has 5 N–H and O–H groups in total. The number of rotatable bonds is 9. The van der Waals surface area contributed by atoms with Gasteiger partial charge in [-0.15, -0.1) is 11.8 Å². The van der Waals surface area contributed by atoms with Gasteiger partial charge in [0.2, 0.25) is 6.61 Å². The van der Waals surface area contributed by atoms with Crippen molar-refractivity contribution in [3.63, 3.8) is 0 Å². The van der Waals surface area contributed by atoms with Gasteiger partial charge in [0, 0.05) is 17.4 Å². The first kappa shape index (κ1) is 31.1. The van der Waals surface area contributed by atoms with Crippen molar-refractivity contribution in [1.82, 2.24) is 19.8 Å². The second kappa shape index (κ2) is 12.6. The number of anilines is 1. The van der Waals surface area contributed by atoms with E-state index in [4.69, 9.17) is 38.9 Å². The number of nitrogens with two attached hydrogens (primary N) is 1. The molecule has 3 aromatic rings. The fraction of sp³-hybridized carbons (Fsp3) is 0.227. The Bertz CT molecular complexity index is 1640. The molecule has 0 unspecified atom stereocenters. The summed E-state index contributed by atoms with van der Waals surface area (Å²) in [7, 11) is 0. The van der Waals surface area contributed by atoms with Crippen molar-refractivity contribution in [2.75, 3.05) is 18.1 Å². The van der Waals surface area contributed by atoms with Crippen molar-refractivity contribution < 1.29 is 38.6 Å². The number of imidazole rings is 1. The summed E-state index contributed by atoms with van der Waals surface area (Å²) < 4.78 is 3.63. The second-order valence-corrected chi connectivity index (χ2v) is 11.6. The zero-order valence-corrected chi connectivity index (χ0v) is 23.1. The number of carboxylic acids is 2. The SMILES string of the molecule is Nc1nc(/C(=N/OCC(=O)O)C(=O)N[C@@H]2C(=O)N3C(C(=O)O)=C(Cn4cc[n+]5cc(Cl)ccc45)CS[C@H]23)c(Cl)s1.[NaH]. The van der Waals surface area contributed by atoms with Gasteiger partial charge in [0.15, 0.2) is 10.8 Å². The number of carboxylic acid groups (broad SMARTS) is 2. The molecule has 0 aliphatic carbocycles. The topological polar surface area (TPSA) is 194 Å². The van der Waals surface area contributed by atoms with Crippen LogP contribution in [0.15, 0.2) is 47.1 Å². The molecule has 14 nitrogen and oxygen atoms in total. The predicted octanol–water partition coefficient (Wildman–Crippen LogP) is 0.168. The van der Waals surface area contributed by atoms with Gasteiger partial charge >= 0.3 is 41.5 Å². The number of fused-ring (bicyclic) bond motifs is 2. The van der Waals surface area contributed by atoms with Crippen LogP contribution < -0.4 is 15.5 Å². The van der Waals surface area contributed by atoms with Crippen molar-refractivity contribution >= 4 is 116 Å². The number of carbonyl (C=O) groups is 4. The molecule has 210 valence electrons. The van der Waals surface area contributed by atoms with Crippen LogP contribution in [-0.2, 0) is 30.6 Å². The number of nitrogens with one attached hydrogen (secondary N) is 1. The van der Waals surface area contributed by atoms with E-state index in [9.17, 15) is 24.3 Å². The van der Waals surface area contributed by atoms with Gasteiger partial charge in [-0.1, -0.05) is 39.7 Å². The molecular formula is C22H19Cl2N7NaO7S2+. The molecule has 5 rings (SSSR count). The van der Waals surface area contributed by atoms with Crippen molar-refractivity contribution in [3.05, 3.63) is 57.0 Å². The number of carbonyl (C=O) groups excluding carboxylic acids is 2. The minimum atomic E-state index is -1.34. The molecule has 0 aromatic carbocycles. The first-order chi connectivity index (χ1) is 19.0. The monoisotopic (exact) mass is 650 g/mol. The average Bonchev–Trinajstić information content (AvgIpc) is 3.45. The average molecular weight is 651 g/mol. The van der Waals surface area contributed by atoms with Crippen molar-refractivity contribution in [2.24, 2.45) is 5.16 Å². The van der Waals surface area contributed by atoms with Gasteiger partial charge in [-0.25, -0.2) is 23.5 Å². The summed E-state index contributed by atoms with van der Waals surface area (Å²) in [4.78, 5) is 59.1. The van der Waals surface area contributed by atoms with E-state index >= 15 is 0 Å². The fourth-order valence-electron chi connectivity index (χ4n) is 4.24. The number of pyridine rings is 1. The summed E-state index contributed by atoms with van der Waals surface area (Å²) in [6, 6.07) is 2.41. The fourth-order valence-corrected chi connectivity index (χ4v) is 6.67. The third-order valence-corrected chi connectivity index (χ3v) is 8.55. The Balaban J connectivity index is 0.00000387. The van der Waals surface area contributed by atoms with Gasteiger partial charge in [0.05, 0.1) is 5.02 Å². The number of nitrogen functional groups attached to an aromatic ring is 1. The molecule has 19 heteroatoms. The normalized spacial score (nSPS) is 18.4. The third kappa shape index (κ3) is 6.18. The molecule has 2 atom stereocenters. The van der Waals surface area contributed by atoms with E-state index in [1.54, 1.807) is 35.1 Å². The number of thioether (sulfide) groups is 1. The Morgan fingerprint density at radius 3 is 2.71 bits per heavy atom. The summed E-state index contributed by atoms with van der Waals surface area (Å²) in [6.07, 6.45) is 5.28. The number of amides is 2. The molecule has 5 heterocycles. The Morgan fingerprint density at radius 1 is 1.29 bits per heavy atom. The Kier molecular flexibility index (Phi) is 9.52. The van der Waals surface area contributed by atoms with E-state index in [0.29, 0.717) is 10.6 Å². The number of hydrogen-bond acceptors (Lipinski definition) is 10. The minimum absolute atomic E-state index is 0. The quantitative estimate of drug-likeness (QED) is 0.0815. The standard InChI is InChI=1S/C22H17Cl2N7O7S2.Na.H/c23-10-1-2-11-29(3-4-30(11)6-10)5-9-8-39-20-15(19(35)31(20)16(9)21(36)37)26-18(34)14(28-38-7-12(32)33)13-17(24)40-22(25)27-13;;/h1-4,6,15,20H,5,7-8H2,(H4-,25,26,27,32,33,34,36,37);;/p+1/b28-14-;;/t15-,20-;;/m1../s1. The van der Waals surface area contributed by atoms with Crippen LogP contribution in [0, 0.1) is 0 Å². The number of aromatic nitrogens is 3. The van der Waals surface area contributed by atoms with E-state index in [0.717, 1.165) is 21.9 Å². The summed E-state index contributed by atoms with van der Waals surface area (Å²) in [6.45, 7) is -0.637. The maximum absolute atomic E-state index is 13.1. The second-order valence-electron chi connectivity index (χ2n) is 8.44. The van der Waals surface area contributed by atoms with E-state index in [2.05, 4.69) is 15.5 Å². The summed E-state index contributed by atoms with van der Waals surface area (Å²) in [5, 5.41) is 24.7. The molecular weight excluding hydrogens is 632 g/mol. The Morgan fingerprint density at radius 2 is 2.05 bits per heavy atom. The third-order valence-electron chi connectivity index (χ3n) is 5.90. The summed E-state index contributed by atoms with van der Waals surface area (Å²) >= 11 is 14.3. The maximum atomic E-state index is 13.1. The van der Waals surface area contributed by atoms with Crippen LogP contribution in [0.25, 0.3) is 5.65 Å². The molecule has 2 amide bonds.